The number of rotatable bonds is 10. The van der Waals surface area contributed by atoms with Crippen LogP contribution >= 0.6 is 15.4 Å². The molecule has 2 saturated heterocycles. The number of fused-ring (bicyclic) bond motifs is 2. The molecule has 4 aromatic rings. The van der Waals surface area contributed by atoms with Gasteiger partial charge in [0.15, 0.2) is 35.0 Å². The van der Waals surface area contributed by atoms with E-state index in [2.05, 4.69) is 29.9 Å². The Morgan fingerprint density at radius 3 is 2.04 bits per heavy atom. The van der Waals surface area contributed by atoms with Gasteiger partial charge in [0.05, 0.1) is 25.4 Å². The molecule has 45 heavy (non-hydrogen) atoms. The minimum atomic E-state index is -4.98. The second kappa shape index (κ2) is 11.6. The van der Waals surface area contributed by atoms with Crippen LogP contribution in [0, 0.1) is 0 Å². The second-order valence-electron chi connectivity index (χ2n) is 10.0. The van der Waals surface area contributed by atoms with Crippen molar-refractivity contribution in [2.45, 2.75) is 49.9 Å². The van der Waals surface area contributed by atoms with E-state index in [1.165, 1.54) is 21.8 Å². The van der Waals surface area contributed by atoms with Crippen molar-refractivity contribution in [3.8, 4) is 0 Å². The van der Waals surface area contributed by atoms with E-state index >= 15 is 0 Å². The number of imidazole rings is 2. The first kappa shape index (κ1) is 31.4. The van der Waals surface area contributed by atoms with Gasteiger partial charge in [-0.15, -0.1) is 0 Å². The lowest BCUT2D eigenvalue weighted by Crippen LogP contribution is -2.29. The third-order valence-corrected chi connectivity index (χ3v) is 8.33. The van der Waals surface area contributed by atoms with Crippen molar-refractivity contribution in [1.29, 1.82) is 0 Å². The van der Waals surface area contributed by atoms with Gasteiger partial charge in [-0.2, -0.15) is 9.97 Å². The van der Waals surface area contributed by atoms with Crippen LogP contribution in [0.25, 0.3) is 22.3 Å². The standard InChI is InChI=1S/C20H26N10O13P2/c21-19-25-14-12(16(32)27-19)23-4-29(14)10-1-7(31)9(41-10)3-40-45(37,38)43-8-2-11(42-18(8)39-6-44(34,35)36)30-5-24-13-15(30)26-20(22)28-17(13)33/h4-5,7-11,18,31H,1-3,6H2,(H,37,38)(H2,34,35,36)(H3,21,25,27,32)(H3,22,26,28,33). The molecule has 6 rings (SSSR count). The van der Waals surface area contributed by atoms with Gasteiger partial charge in [-0.25, -0.2) is 14.5 Å². The zero-order chi connectivity index (χ0) is 32.3. The predicted octanol–water partition coefficient (Wildman–Crippen LogP) is -2.04. The quantitative estimate of drug-likeness (QED) is 0.0839. The van der Waals surface area contributed by atoms with Gasteiger partial charge in [0.25, 0.3) is 11.1 Å². The number of nitrogens with two attached hydrogens (primary N) is 2. The van der Waals surface area contributed by atoms with E-state index in [9.17, 15) is 38.5 Å². The summed E-state index contributed by atoms with van der Waals surface area (Å²) in [5, 5.41) is 10.5. The van der Waals surface area contributed by atoms with E-state index in [4.69, 9.17) is 34.7 Å². The highest BCUT2D eigenvalue weighted by molar-refractivity contribution is 7.51. The van der Waals surface area contributed by atoms with Gasteiger partial charge in [-0.3, -0.25) is 42.3 Å². The van der Waals surface area contributed by atoms with Gasteiger partial charge in [0.2, 0.25) is 11.9 Å². The smallest absolute Gasteiger partial charge is 0.390 e. The zero-order valence-corrected chi connectivity index (χ0v) is 24.4. The molecule has 6 heterocycles. The van der Waals surface area contributed by atoms with E-state index in [1.54, 1.807) is 0 Å². The Labute approximate surface area is 248 Å². The Bertz CT molecular complexity index is 1950. The molecule has 7 unspecified atom stereocenters. The summed E-state index contributed by atoms with van der Waals surface area (Å²) in [6, 6.07) is 0. The highest BCUT2D eigenvalue weighted by Gasteiger charge is 2.45. The molecule has 23 nitrogen and oxygen atoms in total. The van der Waals surface area contributed by atoms with Crippen molar-refractivity contribution in [3.05, 3.63) is 33.4 Å². The number of nitrogen functional groups attached to an aromatic ring is 2. The molecular weight excluding hydrogens is 650 g/mol. The molecule has 244 valence electrons. The molecule has 0 bridgehead atoms. The Kier molecular flexibility index (Phi) is 8.12. The lowest BCUT2D eigenvalue weighted by atomic mass is 10.2. The molecule has 0 radical (unpaired) electrons. The second-order valence-corrected chi connectivity index (χ2v) is 13.0. The summed E-state index contributed by atoms with van der Waals surface area (Å²) >= 11 is 0. The molecule has 2 aliphatic rings. The fourth-order valence-electron chi connectivity index (χ4n) is 4.91. The van der Waals surface area contributed by atoms with E-state index in [1.807, 2.05) is 0 Å². The minimum Gasteiger partial charge on any atom is -0.390 e. The number of hydrogen-bond donors (Lipinski definition) is 8. The summed E-state index contributed by atoms with van der Waals surface area (Å²) in [5.74, 6) is -0.390. The number of nitrogens with one attached hydrogen (secondary N) is 2. The first-order valence-corrected chi connectivity index (χ1v) is 16.2. The molecule has 4 aromatic heterocycles. The lowest BCUT2D eigenvalue weighted by Gasteiger charge is -2.23. The number of aromatic amines is 2. The van der Waals surface area contributed by atoms with Gasteiger partial charge < -0.3 is 45.5 Å². The van der Waals surface area contributed by atoms with Gasteiger partial charge >= 0.3 is 15.4 Å². The fraction of sp³-hybridized carbons (Fsp3) is 0.500. The van der Waals surface area contributed by atoms with Crippen molar-refractivity contribution in [3.63, 3.8) is 0 Å². The summed E-state index contributed by atoms with van der Waals surface area (Å²) in [6.45, 7) is -0.641. The lowest BCUT2D eigenvalue weighted by molar-refractivity contribution is -0.166. The molecule has 7 atom stereocenters. The van der Waals surface area contributed by atoms with Crippen LogP contribution in [0.5, 0.6) is 0 Å². The summed E-state index contributed by atoms with van der Waals surface area (Å²) in [6.07, 6.45) is -6.31. The Hall–Kier alpha value is -3.60. The Morgan fingerprint density at radius 1 is 0.933 bits per heavy atom. The first-order chi connectivity index (χ1) is 21.2. The molecule has 0 amide bonds. The summed E-state index contributed by atoms with van der Waals surface area (Å²) in [5.41, 5.74) is 10.0. The highest BCUT2D eigenvalue weighted by atomic mass is 31.2. The fourth-order valence-corrected chi connectivity index (χ4v) is 6.17. The van der Waals surface area contributed by atoms with Crippen LogP contribution in [0.1, 0.15) is 25.3 Å². The number of phosphoric acid groups is 1. The summed E-state index contributed by atoms with van der Waals surface area (Å²) in [4.78, 5) is 73.9. The van der Waals surface area contributed by atoms with Crippen LogP contribution in [-0.4, -0.2) is 96.4 Å². The zero-order valence-electron chi connectivity index (χ0n) is 22.6. The normalized spacial score (nSPS) is 27.0. The van der Waals surface area contributed by atoms with Crippen LogP contribution in [0.2, 0.25) is 0 Å². The van der Waals surface area contributed by atoms with Crippen LogP contribution < -0.4 is 22.6 Å². The number of H-pyrrole nitrogens is 2. The van der Waals surface area contributed by atoms with Crippen molar-refractivity contribution in [2.24, 2.45) is 0 Å². The maximum atomic E-state index is 13.0. The molecule has 10 N–H and O–H groups in total. The number of ether oxygens (including phenoxy) is 3. The average molecular weight is 676 g/mol. The van der Waals surface area contributed by atoms with Crippen molar-refractivity contribution < 1.29 is 52.2 Å². The van der Waals surface area contributed by atoms with Gasteiger partial charge in [0.1, 0.15) is 24.7 Å². The highest BCUT2D eigenvalue weighted by Crippen LogP contribution is 2.50. The molecular formula is C20H26N10O13P2. The topological polar surface area (TPSA) is 340 Å². The first-order valence-electron chi connectivity index (χ1n) is 12.9. The molecule has 2 fully saturated rings. The van der Waals surface area contributed by atoms with E-state index in [0.717, 1.165) is 0 Å². The number of aliphatic hydroxyl groups excluding tert-OH is 1. The van der Waals surface area contributed by atoms with Gasteiger partial charge in [0, 0.05) is 12.8 Å². The number of phosphoric ester groups is 1. The van der Waals surface area contributed by atoms with Crippen LogP contribution in [0.15, 0.2) is 22.2 Å². The summed E-state index contributed by atoms with van der Waals surface area (Å²) in [7, 11) is -9.68. The largest absolute Gasteiger partial charge is 0.472 e. The summed E-state index contributed by atoms with van der Waals surface area (Å²) < 4.78 is 54.0. The maximum Gasteiger partial charge on any atom is 0.472 e. The molecule has 25 heteroatoms. The average Bonchev–Trinajstić information content (AvgIpc) is 3.71. The SMILES string of the molecule is Nc1nc2c(ncn2C2CC(O)C(COP(=O)(O)OC3CC(n4cnc5c(=O)[nH]c(N)nc54)OC3OCP(=O)(O)O)O2)c(=O)[nH]1. The van der Waals surface area contributed by atoms with Crippen LogP contribution in [-0.2, 0) is 32.4 Å². The van der Waals surface area contributed by atoms with E-state index in [0.29, 0.717) is 0 Å². The number of hydrogen-bond acceptors (Lipinski definition) is 16. The van der Waals surface area contributed by atoms with E-state index in [-0.39, 0.29) is 47.1 Å². The van der Waals surface area contributed by atoms with E-state index < -0.39 is 76.5 Å². The maximum absolute atomic E-state index is 13.0. The van der Waals surface area contributed by atoms with Gasteiger partial charge in [-0.05, 0) is 0 Å². The molecule has 0 spiro atoms. The molecule has 0 saturated carbocycles. The van der Waals surface area contributed by atoms with Gasteiger partial charge in [-0.1, -0.05) is 0 Å². The third kappa shape index (κ3) is 6.55. The monoisotopic (exact) mass is 676 g/mol. The van der Waals surface area contributed by atoms with Crippen molar-refractivity contribution in [2.75, 3.05) is 24.4 Å². The Morgan fingerprint density at radius 2 is 1.49 bits per heavy atom. The number of aliphatic hydroxyl groups is 1. The number of anilines is 2. The van der Waals surface area contributed by atoms with Crippen molar-refractivity contribution >= 4 is 49.6 Å². The molecule has 0 aliphatic carbocycles. The number of nitrogens with zero attached hydrogens (tertiary/aromatic N) is 6. The predicted molar refractivity (Wildman–Crippen MR) is 147 cm³/mol. The third-order valence-electron chi connectivity index (χ3n) is 6.83. The molecule has 2 aliphatic heterocycles. The Balaban J connectivity index is 1.14. The van der Waals surface area contributed by atoms with Crippen LogP contribution in [0.3, 0.4) is 0 Å². The number of aromatic nitrogens is 8. The van der Waals surface area contributed by atoms with Crippen molar-refractivity contribution in [1.82, 2.24) is 39.0 Å². The minimum absolute atomic E-state index is 0.00541. The molecule has 0 aromatic carbocycles. The van der Waals surface area contributed by atoms with Crippen LogP contribution in [0.4, 0.5) is 11.9 Å².